The van der Waals surface area contributed by atoms with E-state index in [-0.39, 0.29) is 17.3 Å². The van der Waals surface area contributed by atoms with Crippen molar-refractivity contribution in [2.45, 2.75) is 46.1 Å². The third-order valence-electron chi connectivity index (χ3n) is 2.39. The van der Waals surface area contributed by atoms with Gasteiger partial charge in [-0.05, 0) is 18.3 Å². The Hall–Kier alpha value is -0.830. The molecule has 1 unspecified atom stereocenters. The van der Waals surface area contributed by atoms with Crippen molar-refractivity contribution in [1.29, 1.82) is 0 Å². The smallest absolute Gasteiger partial charge is 0.157 e. The molecule has 0 aliphatic heterocycles. The van der Waals surface area contributed by atoms with E-state index >= 15 is 0 Å². The largest absolute Gasteiger partial charge is 0.391 e. The molecule has 1 rings (SSSR count). The number of hydrogen-bond acceptors (Lipinski definition) is 3. The molecule has 2 N–H and O–H groups in total. The second-order valence-corrected chi connectivity index (χ2v) is 5.44. The van der Waals surface area contributed by atoms with Crippen molar-refractivity contribution < 1.29 is 9.90 Å². The second-order valence-electron chi connectivity index (χ2n) is 5.44. The molecular formula is C12H21NO2. The maximum Gasteiger partial charge on any atom is 0.157 e. The van der Waals surface area contributed by atoms with Gasteiger partial charge in [-0.25, -0.2) is 0 Å². The number of carbonyl (C=O) groups is 1. The van der Waals surface area contributed by atoms with Crippen LogP contribution in [0.25, 0.3) is 0 Å². The van der Waals surface area contributed by atoms with Crippen molar-refractivity contribution in [3.05, 3.63) is 11.8 Å². The second kappa shape index (κ2) is 4.79. The molecule has 0 fully saturated rings. The van der Waals surface area contributed by atoms with Crippen molar-refractivity contribution in [2.75, 3.05) is 6.54 Å². The molecule has 0 bridgehead atoms. The predicted octanol–water partition coefficient (Wildman–Crippen LogP) is 1.62. The van der Waals surface area contributed by atoms with Crippen LogP contribution in [0.1, 0.15) is 40.0 Å². The van der Waals surface area contributed by atoms with E-state index in [1.165, 1.54) is 0 Å². The van der Waals surface area contributed by atoms with Crippen molar-refractivity contribution in [2.24, 2.45) is 5.41 Å². The summed E-state index contributed by atoms with van der Waals surface area (Å²) in [6, 6.07) is 0. The summed E-state index contributed by atoms with van der Waals surface area (Å²) < 4.78 is 0. The number of ketones is 1. The number of rotatable bonds is 4. The van der Waals surface area contributed by atoms with Crippen LogP contribution in [0, 0.1) is 5.41 Å². The Balaban J connectivity index is 2.25. The summed E-state index contributed by atoms with van der Waals surface area (Å²) in [4.78, 5) is 10.9. The van der Waals surface area contributed by atoms with E-state index in [4.69, 9.17) is 0 Å². The van der Waals surface area contributed by atoms with E-state index in [1.807, 2.05) is 0 Å². The fourth-order valence-electron chi connectivity index (χ4n) is 1.76. The van der Waals surface area contributed by atoms with Crippen molar-refractivity contribution in [3.8, 4) is 0 Å². The molecule has 0 aromatic rings. The monoisotopic (exact) mass is 211 g/mol. The summed E-state index contributed by atoms with van der Waals surface area (Å²) >= 11 is 0. The van der Waals surface area contributed by atoms with Crippen LogP contribution in [0.3, 0.4) is 0 Å². The lowest BCUT2D eigenvalue weighted by Gasteiger charge is -2.22. The highest BCUT2D eigenvalue weighted by molar-refractivity contribution is 5.92. The van der Waals surface area contributed by atoms with Gasteiger partial charge in [0.05, 0.1) is 6.10 Å². The van der Waals surface area contributed by atoms with Gasteiger partial charge in [0.1, 0.15) is 0 Å². The highest BCUT2D eigenvalue weighted by Crippen LogP contribution is 2.20. The molecule has 0 aromatic heterocycles. The van der Waals surface area contributed by atoms with Crippen LogP contribution in [0.5, 0.6) is 0 Å². The minimum atomic E-state index is -0.346. The maximum absolute atomic E-state index is 10.9. The zero-order valence-electron chi connectivity index (χ0n) is 9.84. The Morgan fingerprint density at radius 2 is 2.13 bits per heavy atom. The molecule has 1 atom stereocenters. The van der Waals surface area contributed by atoms with E-state index < -0.39 is 0 Å². The Labute approximate surface area is 91.6 Å². The lowest BCUT2D eigenvalue weighted by atomic mass is 9.89. The van der Waals surface area contributed by atoms with Crippen LogP contribution in [0.2, 0.25) is 0 Å². The molecule has 0 amide bonds. The first-order chi connectivity index (χ1) is 6.87. The van der Waals surface area contributed by atoms with Gasteiger partial charge in [0.15, 0.2) is 5.78 Å². The Kier molecular flexibility index (Phi) is 3.91. The summed E-state index contributed by atoms with van der Waals surface area (Å²) in [5.74, 6) is 0.183. The topological polar surface area (TPSA) is 49.3 Å². The molecule has 3 nitrogen and oxygen atoms in total. The van der Waals surface area contributed by atoms with Crippen LogP contribution in [-0.4, -0.2) is 23.5 Å². The van der Waals surface area contributed by atoms with E-state index in [1.54, 1.807) is 6.08 Å². The predicted molar refractivity (Wildman–Crippen MR) is 60.4 cm³/mol. The van der Waals surface area contributed by atoms with Crippen molar-refractivity contribution in [3.63, 3.8) is 0 Å². The fourth-order valence-corrected chi connectivity index (χ4v) is 1.76. The summed E-state index contributed by atoms with van der Waals surface area (Å²) in [5.41, 5.74) is 1.11. The zero-order chi connectivity index (χ0) is 11.5. The molecule has 0 saturated carbocycles. The maximum atomic E-state index is 10.9. The number of allylic oxidation sites excluding steroid dienone is 2. The lowest BCUT2D eigenvalue weighted by molar-refractivity contribution is -0.114. The first-order valence-corrected chi connectivity index (χ1v) is 5.52. The standard InChI is InChI=1S/C12H21NO2/c1-12(2,3)7-11(15)8-13-9-4-5-10(14)6-9/h6,11,13,15H,4-5,7-8H2,1-3H3. The van der Waals surface area contributed by atoms with E-state index in [2.05, 4.69) is 26.1 Å². The van der Waals surface area contributed by atoms with Crippen LogP contribution < -0.4 is 5.32 Å². The average Bonchev–Trinajstić information content (AvgIpc) is 2.45. The summed E-state index contributed by atoms with van der Waals surface area (Å²) in [6.45, 7) is 6.86. The van der Waals surface area contributed by atoms with Gasteiger partial charge in [0.2, 0.25) is 0 Å². The molecule has 0 saturated heterocycles. The molecule has 0 radical (unpaired) electrons. The van der Waals surface area contributed by atoms with E-state index in [0.29, 0.717) is 13.0 Å². The Bertz CT molecular complexity index is 263. The van der Waals surface area contributed by atoms with Gasteiger partial charge in [0, 0.05) is 24.7 Å². The first-order valence-electron chi connectivity index (χ1n) is 5.52. The highest BCUT2D eigenvalue weighted by Gasteiger charge is 2.17. The normalized spacial score (nSPS) is 18.9. The first kappa shape index (κ1) is 12.2. The zero-order valence-corrected chi connectivity index (χ0v) is 9.84. The van der Waals surface area contributed by atoms with Gasteiger partial charge in [-0.15, -0.1) is 0 Å². The van der Waals surface area contributed by atoms with Crippen molar-refractivity contribution in [1.82, 2.24) is 5.32 Å². The molecule has 0 heterocycles. The molecule has 86 valence electrons. The molecular weight excluding hydrogens is 190 g/mol. The SMILES string of the molecule is CC(C)(C)CC(O)CNC1=CC(=O)CC1. The van der Waals surface area contributed by atoms with E-state index in [9.17, 15) is 9.90 Å². The van der Waals surface area contributed by atoms with Gasteiger partial charge < -0.3 is 10.4 Å². The minimum Gasteiger partial charge on any atom is -0.391 e. The molecule has 0 spiro atoms. The van der Waals surface area contributed by atoms with Gasteiger partial charge in [0.25, 0.3) is 0 Å². The molecule has 1 aliphatic rings. The number of aliphatic hydroxyl groups is 1. The summed E-state index contributed by atoms with van der Waals surface area (Å²) in [7, 11) is 0. The van der Waals surface area contributed by atoms with Gasteiger partial charge in [-0.2, -0.15) is 0 Å². The molecule has 1 aliphatic carbocycles. The molecule has 3 heteroatoms. The molecule has 0 aromatic carbocycles. The number of hydrogen-bond donors (Lipinski definition) is 2. The van der Waals surface area contributed by atoms with Crippen LogP contribution in [0.15, 0.2) is 11.8 Å². The fraction of sp³-hybridized carbons (Fsp3) is 0.750. The molecule has 15 heavy (non-hydrogen) atoms. The summed E-state index contributed by atoms with van der Waals surface area (Å²) in [6.07, 6.45) is 3.46. The third-order valence-corrected chi connectivity index (χ3v) is 2.39. The van der Waals surface area contributed by atoms with Crippen LogP contribution >= 0.6 is 0 Å². The van der Waals surface area contributed by atoms with Crippen molar-refractivity contribution >= 4 is 5.78 Å². The lowest BCUT2D eigenvalue weighted by Crippen LogP contribution is -2.29. The number of nitrogens with one attached hydrogen (secondary N) is 1. The third kappa shape index (κ3) is 4.98. The average molecular weight is 211 g/mol. The van der Waals surface area contributed by atoms with Gasteiger partial charge >= 0.3 is 0 Å². The van der Waals surface area contributed by atoms with E-state index in [0.717, 1.165) is 18.5 Å². The quantitative estimate of drug-likeness (QED) is 0.743. The number of carbonyl (C=O) groups excluding carboxylic acids is 1. The highest BCUT2D eigenvalue weighted by atomic mass is 16.3. The van der Waals surface area contributed by atoms with Gasteiger partial charge in [-0.3, -0.25) is 4.79 Å². The van der Waals surface area contributed by atoms with Gasteiger partial charge in [-0.1, -0.05) is 20.8 Å². The Morgan fingerprint density at radius 1 is 1.47 bits per heavy atom. The van der Waals surface area contributed by atoms with Crippen LogP contribution in [0.4, 0.5) is 0 Å². The minimum absolute atomic E-state index is 0.140. The Morgan fingerprint density at radius 3 is 2.60 bits per heavy atom. The van der Waals surface area contributed by atoms with Crippen LogP contribution in [-0.2, 0) is 4.79 Å². The number of aliphatic hydroxyl groups excluding tert-OH is 1. The summed E-state index contributed by atoms with van der Waals surface area (Å²) in [5, 5.41) is 12.9.